The Balaban J connectivity index is 5.42. The fourth-order valence-electron chi connectivity index (χ4n) is 1.92. The van der Waals surface area contributed by atoms with E-state index in [-0.39, 0.29) is 26.1 Å². The number of allylic oxidation sites excluding steroid dienone is 2. The smallest absolute Gasteiger partial charge is 0.324 e. The molecule has 0 aromatic carbocycles. The molecule has 130 valence electrons. The SMILES string of the molecule is CCCCC#CCC(C/C=C\CCl)(C(=O)OCC)C(=O)OCC. The number of carbonyl (C=O) groups is 2. The van der Waals surface area contributed by atoms with Crippen LogP contribution in [-0.4, -0.2) is 31.0 Å². The molecule has 0 aliphatic rings. The summed E-state index contributed by atoms with van der Waals surface area (Å²) in [7, 11) is 0. The van der Waals surface area contributed by atoms with Crippen molar-refractivity contribution in [2.75, 3.05) is 19.1 Å². The summed E-state index contributed by atoms with van der Waals surface area (Å²) >= 11 is 5.63. The van der Waals surface area contributed by atoms with Crippen molar-refractivity contribution in [3.63, 3.8) is 0 Å². The lowest BCUT2D eigenvalue weighted by molar-refractivity contribution is -0.171. The Labute approximate surface area is 144 Å². The number of halogens is 1. The van der Waals surface area contributed by atoms with E-state index in [1.54, 1.807) is 26.0 Å². The van der Waals surface area contributed by atoms with Gasteiger partial charge in [-0.15, -0.1) is 23.4 Å². The molecular weight excluding hydrogens is 316 g/mol. The van der Waals surface area contributed by atoms with Crippen molar-refractivity contribution in [3.8, 4) is 11.8 Å². The standard InChI is InChI=1S/C18H27ClO4/c1-4-7-8-9-10-13-18(14-11-12-15-19,16(20)22-5-2)17(21)23-6-3/h11-12H,4-8,13-15H2,1-3H3/b12-11-. The minimum Gasteiger partial charge on any atom is -0.465 e. The van der Waals surface area contributed by atoms with E-state index in [1.165, 1.54) is 0 Å². The molecule has 0 fully saturated rings. The van der Waals surface area contributed by atoms with Crippen LogP contribution in [0.15, 0.2) is 12.2 Å². The third-order valence-corrected chi connectivity index (χ3v) is 3.40. The maximum atomic E-state index is 12.4. The summed E-state index contributed by atoms with van der Waals surface area (Å²) in [4.78, 5) is 24.9. The monoisotopic (exact) mass is 342 g/mol. The van der Waals surface area contributed by atoms with Gasteiger partial charge in [0, 0.05) is 18.7 Å². The Morgan fingerprint density at radius 3 is 2.13 bits per heavy atom. The Kier molecular flexibility index (Phi) is 12.2. The number of alkyl halides is 1. The molecule has 23 heavy (non-hydrogen) atoms. The maximum absolute atomic E-state index is 12.4. The van der Waals surface area contributed by atoms with Crippen LogP contribution in [0.2, 0.25) is 0 Å². The lowest BCUT2D eigenvalue weighted by Gasteiger charge is -2.26. The van der Waals surface area contributed by atoms with Gasteiger partial charge in [0.15, 0.2) is 5.41 Å². The van der Waals surface area contributed by atoms with Gasteiger partial charge in [-0.05, 0) is 26.7 Å². The van der Waals surface area contributed by atoms with Crippen LogP contribution in [-0.2, 0) is 19.1 Å². The quantitative estimate of drug-likeness (QED) is 0.151. The van der Waals surface area contributed by atoms with E-state index < -0.39 is 17.4 Å². The molecule has 5 heteroatoms. The van der Waals surface area contributed by atoms with Gasteiger partial charge in [0.2, 0.25) is 0 Å². The van der Waals surface area contributed by atoms with E-state index in [2.05, 4.69) is 18.8 Å². The fourth-order valence-corrected chi connectivity index (χ4v) is 2.05. The van der Waals surface area contributed by atoms with Gasteiger partial charge < -0.3 is 9.47 Å². The van der Waals surface area contributed by atoms with Crippen molar-refractivity contribution in [1.29, 1.82) is 0 Å². The van der Waals surface area contributed by atoms with Crippen molar-refractivity contribution < 1.29 is 19.1 Å². The first-order chi connectivity index (χ1) is 11.1. The van der Waals surface area contributed by atoms with E-state index in [0.29, 0.717) is 5.88 Å². The Bertz CT molecular complexity index is 428. The zero-order chi connectivity index (χ0) is 17.6. The first-order valence-electron chi connectivity index (χ1n) is 8.10. The second-order valence-electron chi connectivity index (χ2n) is 4.99. The number of hydrogen-bond donors (Lipinski definition) is 0. The molecular formula is C18H27ClO4. The molecule has 0 aromatic heterocycles. The first-order valence-corrected chi connectivity index (χ1v) is 8.63. The van der Waals surface area contributed by atoms with Crippen LogP contribution < -0.4 is 0 Å². The summed E-state index contributed by atoms with van der Waals surface area (Å²) in [5.41, 5.74) is -1.42. The number of hydrogen-bond acceptors (Lipinski definition) is 4. The first kappa shape index (κ1) is 21.5. The summed E-state index contributed by atoms with van der Waals surface area (Å²) in [5.74, 6) is 5.08. The van der Waals surface area contributed by atoms with Crippen molar-refractivity contribution in [3.05, 3.63) is 12.2 Å². The zero-order valence-electron chi connectivity index (χ0n) is 14.3. The van der Waals surface area contributed by atoms with E-state index >= 15 is 0 Å². The highest BCUT2D eigenvalue weighted by Crippen LogP contribution is 2.31. The highest BCUT2D eigenvalue weighted by atomic mass is 35.5. The van der Waals surface area contributed by atoms with E-state index in [0.717, 1.165) is 19.3 Å². The molecule has 0 unspecified atom stereocenters. The molecule has 0 radical (unpaired) electrons. The van der Waals surface area contributed by atoms with Gasteiger partial charge in [0.25, 0.3) is 0 Å². The molecule has 0 saturated carbocycles. The van der Waals surface area contributed by atoms with Gasteiger partial charge in [-0.1, -0.05) is 25.5 Å². The van der Waals surface area contributed by atoms with Crippen LogP contribution >= 0.6 is 11.6 Å². The highest BCUT2D eigenvalue weighted by molar-refractivity contribution is 6.18. The van der Waals surface area contributed by atoms with Gasteiger partial charge in [0.05, 0.1) is 13.2 Å². The van der Waals surface area contributed by atoms with E-state index in [9.17, 15) is 9.59 Å². The van der Waals surface area contributed by atoms with Crippen LogP contribution in [0.4, 0.5) is 0 Å². The molecule has 4 nitrogen and oxygen atoms in total. The van der Waals surface area contributed by atoms with Gasteiger partial charge >= 0.3 is 11.9 Å². The summed E-state index contributed by atoms with van der Waals surface area (Å²) in [6.07, 6.45) is 6.43. The molecule has 0 rings (SSSR count). The molecule has 0 amide bonds. The number of esters is 2. The van der Waals surface area contributed by atoms with Crippen LogP contribution in [0.3, 0.4) is 0 Å². The normalized spacial score (nSPS) is 11.0. The van der Waals surface area contributed by atoms with Gasteiger partial charge in [-0.2, -0.15) is 0 Å². The third kappa shape index (κ3) is 7.56. The van der Waals surface area contributed by atoms with Crippen LogP contribution in [0.5, 0.6) is 0 Å². The van der Waals surface area contributed by atoms with Crippen molar-refractivity contribution in [2.45, 2.75) is 52.9 Å². The molecule has 0 aliphatic carbocycles. The minimum atomic E-state index is -1.42. The Hall–Kier alpha value is -1.47. The van der Waals surface area contributed by atoms with Crippen LogP contribution in [0, 0.1) is 17.3 Å². The highest BCUT2D eigenvalue weighted by Gasteiger charge is 2.47. The summed E-state index contributed by atoms with van der Waals surface area (Å²) < 4.78 is 10.2. The largest absolute Gasteiger partial charge is 0.465 e. The molecule has 0 bridgehead atoms. The molecule has 0 saturated heterocycles. The second kappa shape index (κ2) is 13.0. The molecule has 0 aromatic rings. The third-order valence-electron chi connectivity index (χ3n) is 3.22. The number of unbranched alkanes of at least 4 members (excludes halogenated alkanes) is 2. The lowest BCUT2D eigenvalue weighted by Crippen LogP contribution is -2.41. The predicted octanol–water partition coefficient (Wildman–Crippen LogP) is 3.87. The average molecular weight is 343 g/mol. The number of rotatable bonds is 10. The zero-order valence-corrected chi connectivity index (χ0v) is 15.1. The average Bonchev–Trinajstić information content (AvgIpc) is 2.53. The summed E-state index contributed by atoms with van der Waals surface area (Å²) in [6, 6.07) is 0. The van der Waals surface area contributed by atoms with Crippen LogP contribution in [0.25, 0.3) is 0 Å². The van der Waals surface area contributed by atoms with E-state index in [4.69, 9.17) is 21.1 Å². The van der Waals surface area contributed by atoms with Crippen LogP contribution in [0.1, 0.15) is 52.9 Å². The van der Waals surface area contributed by atoms with Crippen molar-refractivity contribution >= 4 is 23.5 Å². The van der Waals surface area contributed by atoms with Crippen molar-refractivity contribution in [1.82, 2.24) is 0 Å². The summed E-state index contributed by atoms with van der Waals surface area (Å²) in [6.45, 7) is 5.88. The molecule has 0 spiro atoms. The lowest BCUT2D eigenvalue weighted by atomic mass is 9.81. The topological polar surface area (TPSA) is 52.6 Å². The maximum Gasteiger partial charge on any atom is 0.324 e. The second-order valence-corrected chi connectivity index (χ2v) is 5.30. The molecule has 0 heterocycles. The molecule has 0 N–H and O–H groups in total. The Morgan fingerprint density at radius 2 is 1.65 bits per heavy atom. The van der Waals surface area contributed by atoms with Gasteiger partial charge in [0.1, 0.15) is 0 Å². The fraction of sp³-hybridized carbons (Fsp3) is 0.667. The number of ether oxygens (including phenoxy) is 2. The van der Waals surface area contributed by atoms with Crippen molar-refractivity contribution in [2.24, 2.45) is 5.41 Å². The van der Waals surface area contributed by atoms with Gasteiger partial charge in [-0.25, -0.2) is 0 Å². The number of carbonyl (C=O) groups excluding carboxylic acids is 2. The molecule has 0 atom stereocenters. The predicted molar refractivity (Wildman–Crippen MR) is 92.1 cm³/mol. The van der Waals surface area contributed by atoms with Gasteiger partial charge in [-0.3, -0.25) is 9.59 Å². The summed E-state index contributed by atoms with van der Waals surface area (Å²) in [5, 5.41) is 0. The minimum absolute atomic E-state index is 0.0843. The molecule has 0 aliphatic heterocycles. The van der Waals surface area contributed by atoms with E-state index in [1.807, 2.05) is 0 Å². The Morgan fingerprint density at radius 1 is 1.04 bits per heavy atom.